The van der Waals surface area contributed by atoms with Crippen molar-refractivity contribution in [2.45, 2.75) is 45.5 Å². The fourth-order valence-corrected chi connectivity index (χ4v) is 4.52. The molecule has 3 aromatic heterocycles. The van der Waals surface area contributed by atoms with Gasteiger partial charge in [-0.05, 0) is 13.0 Å². The molecule has 1 atom stereocenters. The zero-order chi connectivity index (χ0) is 26.3. The monoisotopic (exact) mass is 518 g/mol. The molecule has 0 aromatic carbocycles. The third-order valence-electron chi connectivity index (χ3n) is 6.31. The summed E-state index contributed by atoms with van der Waals surface area (Å²) in [6.07, 6.45) is -2.65. The smallest absolute Gasteiger partial charge is 0.421 e. The summed E-state index contributed by atoms with van der Waals surface area (Å²) in [6.45, 7) is 5.29. The van der Waals surface area contributed by atoms with E-state index in [0.717, 1.165) is 18.7 Å². The van der Waals surface area contributed by atoms with E-state index in [0.29, 0.717) is 56.3 Å². The molecule has 1 fully saturated rings. The van der Waals surface area contributed by atoms with E-state index in [-0.39, 0.29) is 35.0 Å². The molecule has 0 aliphatic carbocycles. The van der Waals surface area contributed by atoms with E-state index < -0.39 is 17.6 Å². The Bertz CT molecular complexity index is 1340. The first-order valence-electron chi connectivity index (χ1n) is 11.8. The van der Waals surface area contributed by atoms with Crippen molar-refractivity contribution in [3.63, 3.8) is 0 Å². The van der Waals surface area contributed by atoms with Crippen LogP contribution in [0.4, 0.5) is 13.2 Å². The van der Waals surface area contributed by atoms with Gasteiger partial charge >= 0.3 is 6.18 Å². The third-order valence-corrected chi connectivity index (χ3v) is 6.31. The van der Waals surface area contributed by atoms with Crippen LogP contribution in [0.2, 0.25) is 0 Å². The first-order valence-corrected chi connectivity index (χ1v) is 11.8. The third kappa shape index (κ3) is 4.95. The van der Waals surface area contributed by atoms with Crippen LogP contribution in [0.25, 0.3) is 11.4 Å². The van der Waals surface area contributed by atoms with Crippen molar-refractivity contribution in [3.8, 4) is 23.1 Å². The summed E-state index contributed by atoms with van der Waals surface area (Å²) in [5.74, 6) is 0.194. The SMILES string of the molecule is COc1ncc(-c2nc3c(c(OC4CCN(C(=O)c5oc(C)nc5C)C4)n2)CNCC3)cc1C(F)(F)F. The molecule has 1 N–H and O–H groups in total. The Morgan fingerprint density at radius 3 is 2.73 bits per heavy atom. The molecule has 0 saturated carbocycles. The molecule has 37 heavy (non-hydrogen) atoms. The minimum absolute atomic E-state index is 0.0787. The number of nitrogens with one attached hydrogen (secondary N) is 1. The summed E-state index contributed by atoms with van der Waals surface area (Å²) in [6, 6.07) is 0.927. The maximum Gasteiger partial charge on any atom is 0.421 e. The summed E-state index contributed by atoms with van der Waals surface area (Å²) in [7, 11) is 1.13. The van der Waals surface area contributed by atoms with Gasteiger partial charge in [-0.2, -0.15) is 18.2 Å². The lowest BCUT2D eigenvalue weighted by Gasteiger charge is -2.22. The Balaban J connectivity index is 1.42. The topological polar surface area (TPSA) is 116 Å². The van der Waals surface area contributed by atoms with Gasteiger partial charge in [0.1, 0.15) is 11.7 Å². The Kier molecular flexibility index (Phi) is 6.48. The highest BCUT2D eigenvalue weighted by molar-refractivity contribution is 5.92. The van der Waals surface area contributed by atoms with Crippen molar-refractivity contribution in [1.29, 1.82) is 0 Å². The van der Waals surface area contributed by atoms with E-state index in [9.17, 15) is 18.0 Å². The zero-order valence-electron chi connectivity index (χ0n) is 20.5. The summed E-state index contributed by atoms with van der Waals surface area (Å²) in [5.41, 5.74) is 1.05. The second-order valence-corrected chi connectivity index (χ2v) is 8.91. The largest absolute Gasteiger partial charge is 0.481 e. The number of carbonyl (C=O) groups excluding carboxylic acids is 1. The van der Waals surface area contributed by atoms with E-state index in [1.165, 1.54) is 6.20 Å². The van der Waals surface area contributed by atoms with Crippen molar-refractivity contribution >= 4 is 5.91 Å². The number of rotatable bonds is 5. The lowest BCUT2D eigenvalue weighted by Crippen LogP contribution is -2.32. The predicted octanol–water partition coefficient (Wildman–Crippen LogP) is 3.11. The van der Waals surface area contributed by atoms with Gasteiger partial charge in [-0.15, -0.1) is 0 Å². The normalized spacial score (nSPS) is 17.6. The molecule has 2 aliphatic heterocycles. The Labute approximate surface area is 210 Å². The number of likely N-dealkylation sites (tertiary alicyclic amines) is 1. The molecule has 10 nitrogen and oxygen atoms in total. The highest BCUT2D eigenvalue weighted by Gasteiger charge is 2.36. The van der Waals surface area contributed by atoms with Gasteiger partial charge in [-0.1, -0.05) is 0 Å². The number of ether oxygens (including phenoxy) is 2. The molecule has 13 heteroatoms. The predicted molar refractivity (Wildman–Crippen MR) is 123 cm³/mol. The quantitative estimate of drug-likeness (QED) is 0.544. The molecule has 0 bridgehead atoms. The fraction of sp³-hybridized carbons (Fsp3) is 0.458. The molecule has 5 rings (SSSR count). The van der Waals surface area contributed by atoms with Gasteiger partial charge in [0.2, 0.25) is 17.5 Å². The highest BCUT2D eigenvalue weighted by atomic mass is 19.4. The summed E-state index contributed by atoms with van der Waals surface area (Å²) >= 11 is 0. The van der Waals surface area contributed by atoms with Gasteiger partial charge in [0, 0.05) is 56.7 Å². The number of carbonyl (C=O) groups is 1. The van der Waals surface area contributed by atoms with Crippen LogP contribution in [0, 0.1) is 13.8 Å². The molecule has 3 aromatic rings. The minimum Gasteiger partial charge on any atom is -0.481 e. The van der Waals surface area contributed by atoms with Gasteiger partial charge in [0.15, 0.2) is 11.7 Å². The number of methoxy groups -OCH3 is 1. The van der Waals surface area contributed by atoms with Crippen LogP contribution in [-0.4, -0.2) is 63.6 Å². The number of nitrogens with zero attached hydrogens (tertiary/aromatic N) is 5. The van der Waals surface area contributed by atoms with Crippen LogP contribution in [0.5, 0.6) is 11.8 Å². The Morgan fingerprint density at radius 2 is 2.03 bits per heavy atom. The lowest BCUT2D eigenvalue weighted by atomic mass is 10.1. The summed E-state index contributed by atoms with van der Waals surface area (Å²) < 4.78 is 57.2. The summed E-state index contributed by atoms with van der Waals surface area (Å²) in [5, 5.41) is 3.25. The number of aryl methyl sites for hydroxylation is 2. The van der Waals surface area contributed by atoms with Gasteiger partial charge in [-0.25, -0.2) is 15.0 Å². The van der Waals surface area contributed by atoms with Crippen molar-refractivity contribution in [2.75, 3.05) is 26.7 Å². The molecule has 2 aliphatic rings. The maximum atomic E-state index is 13.6. The minimum atomic E-state index is -4.66. The number of aromatic nitrogens is 4. The highest BCUT2D eigenvalue weighted by Crippen LogP contribution is 2.37. The number of hydrogen-bond acceptors (Lipinski definition) is 9. The van der Waals surface area contributed by atoms with E-state index >= 15 is 0 Å². The van der Waals surface area contributed by atoms with Crippen LogP contribution >= 0.6 is 0 Å². The van der Waals surface area contributed by atoms with Crippen LogP contribution in [-0.2, 0) is 19.1 Å². The number of oxazole rings is 1. The Morgan fingerprint density at radius 1 is 1.22 bits per heavy atom. The zero-order valence-corrected chi connectivity index (χ0v) is 20.5. The van der Waals surface area contributed by atoms with Crippen LogP contribution < -0.4 is 14.8 Å². The van der Waals surface area contributed by atoms with Gasteiger partial charge in [0.25, 0.3) is 5.91 Å². The number of halogens is 3. The molecule has 196 valence electrons. The van der Waals surface area contributed by atoms with E-state index in [1.54, 1.807) is 18.7 Å². The van der Waals surface area contributed by atoms with E-state index in [4.69, 9.17) is 13.9 Å². The van der Waals surface area contributed by atoms with Crippen molar-refractivity contribution in [3.05, 3.63) is 46.4 Å². The molecular formula is C24H25F3N6O4. The fourth-order valence-electron chi connectivity index (χ4n) is 4.52. The molecule has 0 spiro atoms. The standard InChI is InChI=1S/C24H25F3N6O4/c1-12-19(36-13(2)30-12)23(34)33-7-5-15(11-33)37-21-16-10-28-6-4-18(16)31-20(32-21)14-8-17(24(25,26)27)22(35-3)29-9-14/h8-9,15,28H,4-7,10-11H2,1-3H3. The summed E-state index contributed by atoms with van der Waals surface area (Å²) in [4.78, 5) is 31.5. The number of pyridine rings is 1. The van der Waals surface area contributed by atoms with E-state index in [2.05, 4.69) is 25.3 Å². The first kappa shape index (κ1) is 24.9. The average molecular weight is 518 g/mol. The van der Waals surface area contributed by atoms with Crippen molar-refractivity contribution < 1.29 is 31.9 Å². The first-order chi connectivity index (χ1) is 17.6. The lowest BCUT2D eigenvalue weighted by molar-refractivity contribution is -0.139. The molecule has 1 unspecified atom stereocenters. The maximum absolute atomic E-state index is 13.6. The molecule has 0 radical (unpaired) electrons. The Hall–Kier alpha value is -3.74. The average Bonchev–Trinajstić information content (AvgIpc) is 3.48. The number of amides is 1. The van der Waals surface area contributed by atoms with E-state index in [1.807, 2.05) is 0 Å². The second kappa shape index (κ2) is 9.61. The number of alkyl halides is 3. The van der Waals surface area contributed by atoms with Crippen molar-refractivity contribution in [1.82, 2.24) is 30.2 Å². The van der Waals surface area contributed by atoms with Crippen LogP contribution in [0.15, 0.2) is 16.7 Å². The van der Waals surface area contributed by atoms with Crippen LogP contribution in [0.3, 0.4) is 0 Å². The molecular weight excluding hydrogens is 493 g/mol. The molecule has 5 heterocycles. The molecule has 1 amide bonds. The number of fused-ring (bicyclic) bond motifs is 1. The van der Waals surface area contributed by atoms with Gasteiger partial charge in [0.05, 0.1) is 25.0 Å². The van der Waals surface area contributed by atoms with Gasteiger partial charge < -0.3 is 24.1 Å². The number of hydrogen-bond donors (Lipinski definition) is 1. The van der Waals surface area contributed by atoms with Gasteiger partial charge in [-0.3, -0.25) is 4.79 Å². The second-order valence-electron chi connectivity index (χ2n) is 8.91. The molecule has 1 saturated heterocycles. The van der Waals surface area contributed by atoms with Crippen LogP contribution in [0.1, 0.15) is 45.4 Å². The van der Waals surface area contributed by atoms with Crippen molar-refractivity contribution in [2.24, 2.45) is 0 Å².